The second kappa shape index (κ2) is 8.09. The first-order valence-corrected chi connectivity index (χ1v) is 12.6. The van der Waals surface area contributed by atoms with Gasteiger partial charge in [0.25, 0.3) is 0 Å². The van der Waals surface area contributed by atoms with Crippen LogP contribution < -0.4 is 15.5 Å². The predicted molar refractivity (Wildman–Crippen MR) is 131 cm³/mol. The number of fused-ring (bicyclic) bond motifs is 3. The Balaban J connectivity index is 1.33. The maximum absolute atomic E-state index is 13.5. The maximum atomic E-state index is 13.5. The number of pyridine rings is 1. The Morgan fingerprint density at radius 2 is 1.76 bits per heavy atom. The van der Waals surface area contributed by atoms with E-state index in [9.17, 15) is 18.0 Å². The van der Waals surface area contributed by atoms with E-state index < -0.39 is 23.2 Å². The molecule has 12 heteroatoms. The van der Waals surface area contributed by atoms with E-state index in [4.69, 9.17) is 15.5 Å². The zero-order valence-electron chi connectivity index (χ0n) is 21.0. The SMILES string of the molecule is CC(C)(C)OC(=O)N1C[C@@H]2C[C@H]1CN2c1cc(-c2cnc(N)c(C(F)(F)F)c2)nc(N2CC3CC2C3)n1. The zero-order valence-corrected chi connectivity index (χ0v) is 21.0. The van der Waals surface area contributed by atoms with Crippen LogP contribution in [0.5, 0.6) is 0 Å². The van der Waals surface area contributed by atoms with Gasteiger partial charge in [-0.2, -0.15) is 18.2 Å². The Hall–Kier alpha value is -3.31. The van der Waals surface area contributed by atoms with Gasteiger partial charge >= 0.3 is 12.3 Å². The average molecular weight is 518 g/mol. The topological polar surface area (TPSA) is 101 Å². The van der Waals surface area contributed by atoms with Gasteiger partial charge in [-0.25, -0.2) is 14.8 Å². The molecule has 198 valence electrons. The van der Waals surface area contributed by atoms with Crippen LogP contribution in [-0.2, 0) is 10.9 Å². The summed E-state index contributed by atoms with van der Waals surface area (Å²) in [5.74, 6) is 1.21. The smallest absolute Gasteiger partial charge is 0.419 e. The number of carbonyl (C=O) groups excluding carboxylic acids is 1. The quantitative estimate of drug-likeness (QED) is 0.654. The molecule has 4 bridgehead atoms. The van der Waals surface area contributed by atoms with Crippen molar-refractivity contribution in [2.45, 2.75) is 69.9 Å². The average Bonchev–Trinajstić information content (AvgIpc) is 3.56. The summed E-state index contributed by atoms with van der Waals surface area (Å²) in [6, 6.07) is 3.10. The highest BCUT2D eigenvalue weighted by molar-refractivity contribution is 5.71. The predicted octanol–water partition coefficient (Wildman–Crippen LogP) is 3.94. The number of piperazine rings is 1. The summed E-state index contributed by atoms with van der Waals surface area (Å²) in [4.78, 5) is 32.1. The molecule has 5 fully saturated rings. The molecule has 0 spiro atoms. The van der Waals surface area contributed by atoms with Crippen LogP contribution >= 0.6 is 0 Å². The molecule has 2 aromatic heterocycles. The molecule has 5 aliphatic rings. The summed E-state index contributed by atoms with van der Waals surface area (Å²) >= 11 is 0. The van der Waals surface area contributed by atoms with Gasteiger partial charge < -0.3 is 25.2 Å². The molecular weight excluding hydrogens is 487 g/mol. The maximum Gasteiger partial charge on any atom is 0.419 e. The molecule has 7 rings (SSSR count). The number of amides is 1. The number of alkyl halides is 3. The second-order valence-corrected chi connectivity index (χ2v) is 11.5. The van der Waals surface area contributed by atoms with Crippen molar-refractivity contribution in [1.29, 1.82) is 0 Å². The minimum absolute atomic E-state index is 0.0173. The van der Waals surface area contributed by atoms with Crippen LogP contribution in [0.3, 0.4) is 0 Å². The number of nitrogens with zero attached hydrogens (tertiary/aromatic N) is 6. The number of hydrogen-bond acceptors (Lipinski definition) is 8. The largest absolute Gasteiger partial charge is 0.444 e. The minimum Gasteiger partial charge on any atom is -0.444 e. The van der Waals surface area contributed by atoms with Gasteiger partial charge in [-0.3, -0.25) is 0 Å². The first-order chi connectivity index (χ1) is 17.4. The van der Waals surface area contributed by atoms with E-state index in [1.807, 2.05) is 20.8 Å². The molecule has 2 aromatic rings. The van der Waals surface area contributed by atoms with Crippen molar-refractivity contribution < 1.29 is 22.7 Å². The Bertz CT molecular complexity index is 1240. The molecule has 1 aliphatic carbocycles. The van der Waals surface area contributed by atoms with Gasteiger partial charge in [-0.15, -0.1) is 0 Å². The van der Waals surface area contributed by atoms with E-state index in [1.54, 1.807) is 11.0 Å². The van der Waals surface area contributed by atoms with Crippen LogP contribution in [0.25, 0.3) is 11.3 Å². The van der Waals surface area contributed by atoms with Gasteiger partial charge in [-0.1, -0.05) is 0 Å². The first kappa shape index (κ1) is 24.1. The molecule has 4 saturated heterocycles. The Kier molecular flexibility index (Phi) is 5.26. The lowest BCUT2D eigenvalue weighted by atomic mass is 9.86. The Morgan fingerprint density at radius 3 is 2.35 bits per heavy atom. The summed E-state index contributed by atoms with van der Waals surface area (Å²) in [5.41, 5.74) is 4.58. The van der Waals surface area contributed by atoms with Crippen LogP contribution in [0, 0.1) is 5.92 Å². The molecule has 2 N–H and O–H groups in total. The molecule has 0 aromatic carbocycles. The van der Waals surface area contributed by atoms with Gasteiger partial charge in [0, 0.05) is 43.5 Å². The molecule has 9 nitrogen and oxygen atoms in total. The van der Waals surface area contributed by atoms with Crippen LogP contribution in [0.15, 0.2) is 18.3 Å². The van der Waals surface area contributed by atoms with Crippen molar-refractivity contribution in [2.24, 2.45) is 5.92 Å². The van der Waals surface area contributed by atoms with E-state index >= 15 is 0 Å². The van der Waals surface area contributed by atoms with E-state index in [2.05, 4.69) is 19.8 Å². The number of carbonyl (C=O) groups is 1. The number of nitrogen functional groups attached to an aromatic ring is 1. The van der Waals surface area contributed by atoms with Crippen LogP contribution in [0.1, 0.15) is 45.6 Å². The van der Waals surface area contributed by atoms with Gasteiger partial charge in [-0.05, 0) is 52.0 Å². The van der Waals surface area contributed by atoms with E-state index in [-0.39, 0.29) is 23.7 Å². The first-order valence-electron chi connectivity index (χ1n) is 12.6. The number of likely N-dealkylation sites (tertiary alicyclic amines) is 1. The highest BCUT2D eigenvalue weighted by atomic mass is 19.4. The number of hydrogen-bond donors (Lipinski definition) is 1. The normalized spacial score (nSPS) is 26.6. The van der Waals surface area contributed by atoms with E-state index in [0.717, 1.165) is 31.9 Å². The summed E-state index contributed by atoms with van der Waals surface area (Å²) in [7, 11) is 0. The van der Waals surface area contributed by atoms with Crippen molar-refractivity contribution in [1.82, 2.24) is 19.9 Å². The van der Waals surface area contributed by atoms with Gasteiger partial charge in [0.05, 0.1) is 23.3 Å². The van der Waals surface area contributed by atoms with Gasteiger partial charge in [0.1, 0.15) is 17.2 Å². The number of rotatable bonds is 3. The summed E-state index contributed by atoms with van der Waals surface area (Å²) in [5, 5.41) is 0. The van der Waals surface area contributed by atoms with Crippen molar-refractivity contribution in [3.05, 3.63) is 23.9 Å². The van der Waals surface area contributed by atoms with E-state index in [0.29, 0.717) is 42.5 Å². The minimum atomic E-state index is -4.62. The fourth-order valence-corrected chi connectivity index (χ4v) is 5.96. The monoisotopic (exact) mass is 517 g/mol. The fraction of sp³-hybridized carbons (Fsp3) is 0.600. The molecule has 4 aliphatic heterocycles. The van der Waals surface area contributed by atoms with Gasteiger partial charge in [0.15, 0.2) is 0 Å². The highest BCUT2D eigenvalue weighted by Crippen LogP contribution is 2.44. The Morgan fingerprint density at radius 1 is 1.00 bits per heavy atom. The third kappa shape index (κ3) is 4.29. The lowest BCUT2D eigenvalue weighted by Crippen LogP contribution is -2.50. The molecular formula is C25H30F3N7O2. The second-order valence-electron chi connectivity index (χ2n) is 11.5. The lowest BCUT2D eigenvalue weighted by molar-refractivity contribution is -0.137. The number of halogens is 3. The lowest BCUT2D eigenvalue weighted by Gasteiger charge is -2.36. The van der Waals surface area contributed by atoms with Crippen LogP contribution in [0.4, 0.5) is 35.5 Å². The zero-order chi connectivity index (χ0) is 26.3. The molecule has 6 heterocycles. The molecule has 2 atom stereocenters. The van der Waals surface area contributed by atoms with Gasteiger partial charge in [0.2, 0.25) is 5.95 Å². The Labute approximate surface area is 212 Å². The summed E-state index contributed by atoms with van der Waals surface area (Å²) in [6.07, 6.45) is -0.669. The molecule has 1 saturated carbocycles. The standard InChI is InChI=1S/C25H30F3N7O2/c1-24(2,3)37-23(36)35-12-16-7-17(35)11-33(16)20-8-19(14-6-18(25(26,27)28)21(29)30-9-14)31-22(32-20)34-10-13-4-15(34)5-13/h6,8-9,13,15-17H,4-5,7,10-12H2,1-3H3,(H2,29,30)/t13?,15?,16-,17-/m0/s1. The highest BCUT2D eigenvalue weighted by Gasteiger charge is 2.48. The van der Waals surface area contributed by atoms with Crippen LogP contribution in [0.2, 0.25) is 0 Å². The number of anilines is 3. The number of nitrogens with two attached hydrogens (primary N) is 1. The number of aromatic nitrogens is 3. The van der Waals surface area contributed by atoms with Crippen molar-refractivity contribution in [2.75, 3.05) is 35.2 Å². The number of ether oxygens (including phenoxy) is 1. The third-order valence-corrected chi connectivity index (χ3v) is 7.75. The summed E-state index contributed by atoms with van der Waals surface area (Å²) < 4.78 is 46.2. The van der Waals surface area contributed by atoms with E-state index in [1.165, 1.54) is 6.20 Å². The molecule has 0 radical (unpaired) electrons. The molecule has 0 unspecified atom stereocenters. The van der Waals surface area contributed by atoms with Crippen molar-refractivity contribution in [3.8, 4) is 11.3 Å². The van der Waals surface area contributed by atoms with Crippen molar-refractivity contribution >= 4 is 23.7 Å². The molecule has 1 amide bonds. The summed E-state index contributed by atoms with van der Waals surface area (Å²) in [6.45, 7) is 7.45. The molecule has 37 heavy (non-hydrogen) atoms. The third-order valence-electron chi connectivity index (χ3n) is 7.75. The van der Waals surface area contributed by atoms with Crippen molar-refractivity contribution in [3.63, 3.8) is 0 Å². The van der Waals surface area contributed by atoms with Crippen LogP contribution in [-0.4, -0.2) is 69.3 Å². The fourth-order valence-electron chi connectivity index (χ4n) is 5.96.